The number of ether oxygens (including phenoxy) is 1. The van der Waals surface area contributed by atoms with Gasteiger partial charge in [0, 0.05) is 70.7 Å². The number of rotatable bonds is 5. The van der Waals surface area contributed by atoms with E-state index < -0.39 is 0 Å². The Bertz CT molecular complexity index is 1680. The molecule has 206 valence electrons. The lowest BCUT2D eigenvalue weighted by Crippen LogP contribution is -2.33. The van der Waals surface area contributed by atoms with Crippen molar-refractivity contribution in [1.82, 2.24) is 24.6 Å². The van der Waals surface area contributed by atoms with E-state index in [-0.39, 0.29) is 37.3 Å². The summed E-state index contributed by atoms with van der Waals surface area (Å²) in [7, 11) is 6.32. The highest BCUT2D eigenvalue weighted by Crippen LogP contribution is 2.48. The Hall–Kier alpha value is -3.27. The van der Waals surface area contributed by atoms with Crippen molar-refractivity contribution >= 4 is 45.0 Å². The maximum Gasteiger partial charge on any atom is 0.230 e. The minimum atomic E-state index is -0.141. The van der Waals surface area contributed by atoms with Crippen molar-refractivity contribution in [2.75, 3.05) is 14.1 Å². The SMILES string of the molecule is CN(C)C1CCc2nn(C)c(C3Cc4cc(Cl)cc(-c5ccnc6cc(CN7C(=O)CCC7=O)sc56)c4O3)c2C1. The summed E-state index contributed by atoms with van der Waals surface area (Å²) >= 11 is 8.24. The van der Waals surface area contributed by atoms with Gasteiger partial charge in [0.2, 0.25) is 11.8 Å². The molecule has 1 aromatic carbocycles. The lowest BCUT2D eigenvalue weighted by atomic mass is 9.89. The zero-order valence-electron chi connectivity index (χ0n) is 22.7. The van der Waals surface area contributed by atoms with E-state index in [1.165, 1.54) is 16.2 Å². The van der Waals surface area contributed by atoms with Crippen LogP contribution >= 0.6 is 22.9 Å². The molecular weight excluding hydrogens is 546 g/mol. The second kappa shape index (κ2) is 9.68. The van der Waals surface area contributed by atoms with Gasteiger partial charge in [-0.25, -0.2) is 0 Å². The fourth-order valence-electron chi connectivity index (χ4n) is 6.46. The molecule has 40 heavy (non-hydrogen) atoms. The molecule has 8 nitrogen and oxygen atoms in total. The predicted octanol–water partition coefficient (Wildman–Crippen LogP) is 5.09. The number of carbonyl (C=O) groups is 2. The van der Waals surface area contributed by atoms with E-state index in [1.807, 2.05) is 36.0 Å². The number of amides is 2. The fourth-order valence-corrected chi connectivity index (χ4v) is 7.83. The lowest BCUT2D eigenvalue weighted by Gasteiger charge is -2.28. The van der Waals surface area contributed by atoms with Gasteiger partial charge in [0.1, 0.15) is 11.9 Å². The molecule has 3 aromatic heterocycles. The van der Waals surface area contributed by atoms with Crippen LogP contribution in [0.1, 0.15) is 52.8 Å². The van der Waals surface area contributed by atoms with Crippen LogP contribution in [-0.4, -0.2) is 56.5 Å². The highest BCUT2D eigenvalue weighted by molar-refractivity contribution is 7.19. The minimum absolute atomic E-state index is 0.114. The van der Waals surface area contributed by atoms with Crippen LogP contribution in [0.4, 0.5) is 0 Å². The zero-order valence-corrected chi connectivity index (χ0v) is 24.3. The molecule has 10 heteroatoms. The first-order valence-electron chi connectivity index (χ1n) is 13.7. The number of likely N-dealkylation sites (N-methyl/N-ethyl adjacent to an activating group) is 1. The summed E-state index contributed by atoms with van der Waals surface area (Å²) < 4.78 is 9.78. The molecule has 2 aliphatic heterocycles. The van der Waals surface area contributed by atoms with Crippen molar-refractivity contribution in [3.05, 3.63) is 62.9 Å². The Kier molecular flexibility index (Phi) is 6.21. The number of nitrogens with zero attached hydrogens (tertiary/aromatic N) is 5. The van der Waals surface area contributed by atoms with Crippen LogP contribution in [0, 0.1) is 0 Å². The molecule has 1 aliphatic carbocycles. The van der Waals surface area contributed by atoms with Crippen LogP contribution in [0.3, 0.4) is 0 Å². The summed E-state index contributed by atoms with van der Waals surface area (Å²) in [6.45, 7) is 0.282. The Labute approximate surface area is 241 Å². The average Bonchev–Trinajstić information content (AvgIpc) is 3.68. The molecule has 3 aliphatic rings. The van der Waals surface area contributed by atoms with Crippen LogP contribution in [-0.2, 0) is 42.4 Å². The van der Waals surface area contributed by atoms with E-state index in [4.69, 9.17) is 21.4 Å². The van der Waals surface area contributed by atoms with Gasteiger partial charge in [0.15, 0.2) is 0 Å². The molecule has 1 saturated heterocycles. The average molecular weight is 576 g/mol. The van der Waals surface area contributed by atoms with Crippen LogP contribution in [0.5, 0.6) is 5.75 Å². The van der Waals surface area contributed by atoms with Gasteiger partial charge >= 0.3 is 0 Å². The number of pyridine rings is 1. The number of benzene rings is 1. The smallest absolute Gasteiger partial charge is 0.230 e. The Morgan fingerprint density at radius 1 is 1.10 bits per heavy atom. The second-order valence-corrected chi connectivity index (χ2v) is 12.8. The van der Waals surface area contributed by atoms with Gasteiger partial charge in [-0.2, -0.15) is 5.10 Å². The third kappa shape index (κ3) is 4.22. The molecule has 1 fully saturated rings. The van der Waals surface area contributed by atoms with Crippen LogP contribution in [0.2, 0.25) is 5.02 Å². The summed E-state index contributed by atoms with van der Waals surface area (Å²) in [6, 6.07) is 8.43. The zero-order chi connectivity index (χ0) is 27.7. The number of carbonyl (C=O) groups excluding carboxylic acids is 2. The monoisotopic (exact) mass is 575 g/mol. The molecular formula is C30H30ClN5O3S. The van der Waals surface area contributed by atoms with E-state index in [0.717, 1.165) is 68.9 Å². The van der Waals surface area contributed by atoms with Gasteiger partial charge in [-0.3, -0.25) is 24.2 Å². The molecule has 0 bridgehead atoms. The first kappa shape index (κ1) is 25.7. The van der Waals surface area contributed by atoms with Gasteiger partial charge in [-0.1, -0.05) is 11.6 Å². The summed E-state index contributed by atoms with van der Waals surface area (Å²) in [5.74, 6) is 0.616. The molecule has 2 amide bonds. The first-order chi connectivity index (χ1) is 19.3. The summed E-state index contributed by atoms with van der Waals surface area (Å²) in [6.07, 6.45) is 6.02. The maximum atomic E-state index is 12.2. The van der Waals surface area contributed by atoms with Crippen LogP contribution < -0.4 is 4.74 Å². The Morgan fingerprint density at radius 3 is 2.67 bits per heavy atom. The maximum absolute atomic E-state index is 12.2. The van der Waals surface area contributed by atoms with Crippen molar-refractivity contribution in [2.45, 2.75) is 57.2 Å². The molecule has 2 unspecified atom stereocenters. The van der Waals surface area contributed by atoms with Crippen LogP contribution in [0.15, 0.2) is 30.5 Å². The van der Waals surface area contributed by atoms with Crippen LogP contribution in [0.25, 0.3) is 21.3 Å². The number of hydrogen-bond acceptors (Lipinski definition) is 7. The Morgan fingerprint density at radius 2 is 1.90 bits per heavy atom. The van der Waals surface area contributed by atoms with E-state index in [9.17, 15) is 9.59 Å². The fraction of sp³-hybridized carbons (Fsp3) is 0.400. The standard InChI is InChI=1S/C30H30ClN5O3S/c1-34(2)18-4-5-23-22(13-18)28(35(3)33-23)25-11-16-10-17(31)12-21(29(16)39-25)20-8-9-32-24-14-19(40-30(20)24)15-36-26(37)6-7-27(36)38/h8-10,12,14,18,25H,4-7,11,13,15H2,1-3H3. The molecule has 4 aromatic rings. The second-order valence-electron chi connectivity index (χ2n) is 11.2. The van der Waals surface area contributed by atoms with E-state index in [0.29, 0.717) is 11.1 Å². The largest absolute Gasteiger partial charge is 0.483 e. The first-order valence-corrected chi connectivity index (χ1v) is 14.9. The van der Waals surface area contributed by atoms with Crippen molar-refractivity contribution in [3.63, 3.8) is 0 Å². The molecule has 2 atom stereocenters. The van der Waals surface area contributed by atoms with Crippen molar-refractivity contribution < 1.29 is 14.3 Å². The highest BCUT2D eigenvalue weighted by atomic mass is 35.5. The van der Waals surface area contributed by atoms with Crippen molar-refractivity contribution in [2.24, 2.45) is 7.05 Å². The third-order valence-electron chi connectivity index (χ3n) is 8.48. The number of halogens is 1. The van der Waals surface area contributed by atoms with E-state index in [1.54, 1.807) is 17.5 Å². The molecule has 7 rings (SSSR count). The van der Waals surface area contributed by atoms with Gasteiger partial charge in [0.05, 0.1) is 28.1 Å². The van der Waals surface area contributed by atoms with Gasteiger partial charge in [0.25, 0.3) is 0 Å². The molecule has 0 radical (unpaired) electrons. The van der Waals surface area contributed by atoms with Gasteiger partial charge in [-0.15, -0.1) is 11.3 Å². The number of imide groups is 1. The molecule has 0 N–H and O–H groups in total. The minimum Gasteiger partial charge on any atom is -0.483 e. The summed E-state index contributed by atoms with van der Waals surface area (Å²) in [5.41, 5.74) is 7.48. The summed E-state index contributed by atoms with van der Waals surface area (Å²) in [5, 5.41) is 5.54. The molecule has 0 saturated carbocycles. The van der Waals surface area contributed by atoms with Gasteiger partial charge in [-0.05, 0) is 57.6 Å². The summed E-state index contributed by atoms with van der Waals surface area (Å²) in [4.78, 5) is 33.6. The van der Waals surface area contributed by atoms with Crippen molar-refractivity contribution in [1.29, 1.82) is 0 Å². The van der Waals surface area contributed by atoms with Gasteiger partial charge < -0.3 is 9.64 Å². The van der Waals surface area contributed by atoms with E-state index >= 15 is 0 Å². The predicted molar refractivity (Wildman–Crippen MR) is 155 cm³/mol. The van der Waals surface area contributed by atoms with E-state index in [2.05, 4.69) is 24.0 Å². The molecule has 5 heterocycles. The number of hydrogen-bond donors (Lipinski definition) is 0. The number of thiophene rings is 1. The normalized spacial score (nSPS) is 20.5. The molecule has 0 spiro atoms. The van der Waals surface area contributed by atoms with Crippen molar-refractivity contribution in [3.8, 4) is 16.9 Å². The number of fused-ring (bicyclic) bond motifs is 3. The third-order valence-corrected chi connectivity index (χ3v) is 9.84. The lowest BCUT2D eigenvalue weighted by molar-refractivity contribution is -0.138. The quantitative estimate of drug-likeness (QED) is 0.308. The Balaban J connectivity index is 1.25. The highest BCUT2D eigenvalue weighted by Gasteiger charge is 2.36. The number of likely N-dealkylation sites (tertiary alicyclic amines) is 1. The number of aromatic nitrogens is 3. The topological polar surface area (TPSA) is 80.6 Å². The number of aryl methyl sites for hydroxylation is 2.